The highest BCUT2D eigenvalue weighted by Gasteiger charge is 2.37. The molecule has 6 heteroatoms. The quantitative estimate of drug-likeness (QED) is 0.407. The first-order valence-electron chi connectivity index (χ1n) is 8.47. The molecule has 1 N–H and O–H groups in total. The Labute approximate surface area is 130 Å². The zero-order chi connectivity index (χ0) is 15.4. The number of rotatable bonds is 13. The van der Waals surface area contributed by atoms with Crippen molar-refractivity contribution in [3.63, 3.8) is 0 Å². The lowest BCUT2D eigenvalue weighted by Crippen LogP contribution is -2.48. The van der Waals surface area contributed by atoms with Gasteiger partial charge in [0.05, 0.1) is 0 Å². The van der Waals surface area contributed by atoms with Crippen LogP contribution >= 0.6 is 0 Å². The molecule has 0 aromatic rings. The topological polar surface area (TPSA) is 38.7 Å². The van der Waals surface area contributed by atoms with E-state index in [1.807, 2.05) is 0 Å². The summed E-state index contributed by atoms with van der Waals surface area (Å²) in [6.45, 7) is 10.7. The van der Waals surface area contributed by atoms with Crippen molar-refractivity contribution < 1.29 is 13.0 Å². The number of hydrogen-bond acceptors (Lipinski definition) is 3. The molecule has 0 bridgehead atoms. The maximum absolute atomic E-state index is 10.6. The van der Waals surface area contributed by atoms with E-state index >= 15 is 0 Å². The van der Waals surface area contributed by atoms with Gasteiger partial charge in [0.1, 0.15) is 0 Å². The van der Waals surface area contributed by atoms with E-state index < -0.39 is 26.9 Å². The van der Waals surface area contributed by atoms with Crippen LogP contribution in [0.15, 0.2) is 0 Å². The van der Waals surface area contributed by atoms with E-state index in [0.717, 1.165) is 12.5 Å². The highest BCUT2D eigenvalue weighted by molar-refractivity contribution is 6.74. The lowest BCUT2D eigenvalue weighted by Gasteiger charge is -2.28. The van der Waals surface area contributed by atoms with Crippen LogP contribution in [0.2, 0.25) is 32.2 Å². The van der Waals surface area contributed by atoms with E-state index in [1.54, 1.807) is 0 Å². The van der Waals surface area contributed by atoms with Gasteiger partial charge < -0.3 is 13.0 Å². The summed E-state index contributed by atoms with van der Waals surface area (Å²) in [4.78, 5) is 10.6. The first-order chi connectivity index (χ1) is 9.39. The Kier molecular flexibility index (Phi) is 12.4. The molecule has 0 aliphatic carbocycles. The SMILES string of the molecule is CCCCCCCCCC[Si](O)(O[SiH](C)C)O[SiH](C)C. The van der Waals surface area contributed by atoms with Gasteiger partial charge in [0.25, 0.3) is 0 Å². The second-order valence-electron chi connectivity index (χ2n) is 6.27. The highest BCUT2D eigenvalue weighted by atomic mass is 28.5. The summed E-state index contributed by atoms with van der Waals surface area (Å²) >= 11 is 0. The Hall–Kier alpha value is 0.531. The van der Waals surface area contributed by atoms with Crippen LogP contribution in [0.25, 0.3) is 0 Å². The maximum atomic E-state index is 10.6. The van der Waals surface area contributed by atoms with Crippen molar-refractivity contribution in [1.29, 1.82) is 0 Å². The molecular weight excluding hydrogens is 300 g/mol. The molecule has 0 atom stereocenters. The Morgan fingerprint density at radius 3 is 1.55 bits per heavy atom. The molecule has 0 radical (unpaired) electrons. The van der Waals surface area contributed by atoms with Gasteiger partial charge >= 0.3 is 8.80 Å². The molecule has 0 aromatic carbocycles. The lowest BCUT2D eigenvalue weighted by atomic mass is 10.1. The zero-order valence-electron chi connectivity index (χ0n) is 14.3. The predicted octanol–water partition coefficient (Wildman–Crippen LogP) is 4.06. The molecule has 0 aliphatic rings. The second-order valence-corrected chi connectivity index (χ2v) is 14.3. The summed E-state index contributed by atoms with van der Waals surface area (Å²) in [5.74, 6) is 0. The average molecular weight is 337 g/mol. The normalized spacial score (nSPS) is 12.6. The monoisotopic (exact) mass is 336 g/mol. The van der Waals surface area contributed by atoms with Crippen molar-refractivity contribution in [2.75, 3.05) is 0 Å². The van der Waals surface area contributed by atoms with Gasteiger partial charge in [-0.2, -0.15) is 0 Å². The van der Waals surface area contributed by atoms with Crippen LogP contribution in [0.4, 0.5) is 0 Å². The third-order valence-electron chi connectivity index (χ3n) is 3.19. The third-order valence-corrected chi connectivity index (χ3v) is 10.9. The molecule has 0 fully saturated rings. The summed E-state index contributed by atoms with van der Waals surface area (Å²) in [7, 11) is -5.28. The van der Waals surface area contributed by atoms with E-state index in [0.29, 0.717) is 0 Å². The van der Waals surface area contributed by atoms with Gasteiger partial charge in [-0.3, -0.25) is 0 Å². The van der Waals surface area contributed by atoms with Gasteiger partial charge in [-0.15, -0.1) is 0 Å². The minimum Gasteiger partial charge on any atom is -0.419 e. The van der Waals surface area contributed by atoms with Crippen LogP contribution in [-0.2, 0) is 8.23 Å². The molecule has 0 heterocycles. The van der Waals surface area contributed by atoms with Crippen LogP contribution in [0, 0.1) is 0 Å². The fourth-order valence-electron chi connectivity index (χ4n) is 2.36. The molecule has 0 aromatic heterocycles. The van der Waals surface area contributed by atoms with E-state index in [-0.39, 0.29) is 0 Å². The van der Waals surface area contributed by atoms with Gasteiger partial charge in [0.15, 0.2) is 18.1 Å². The smallest absolute Gasteiger partial charge is 0.419 e. The molecule has 0 amide bonds. The maximum Gasteiger partial charge on any atom is 0.476 e. The molecule has 122 valence electrons. The summed E-state index contributed by atoms with van der Waals surface area (Å²) in [6.07, 6.45) is 10.3. The first kappa shape index (κ1) is 20.5. The van der Waals surface area contributed by atoms with E-state index in [9.17, 15) is 4.80 Å². The van der Waals surface area contributed by atoms with Crippen molar-refractivity contribution >= 4 is 26.9 Å². The van der Waals surface area contributed by atoms with Gasteiger partial charge in [-0.05, 0) is 32.6 Å². The Bertz CT molecular complexity index is 216. The number of unbranched alkanes of at least 4 members (excludes halogenated alkanes) is 7. The molecule has 20 heavy (non-hydrogen) atoms. The van der Waals surface area contributed by atoms with Crippen LogP contribution in [0.3, 0.4) is 0 Å². The standard InChI is InChI=1S/C14H36O3Si3/c1-6-7-8-9-10-11-12-13-14-20(15,16-18(2)3)17-19(4)5/h15,18-19H,6-14H2,1-5H3. The summed E-state index contributed by atoms with van der Waals surface area (Å²) in [5, 5.41) is 0. The molecular formula is C14H36O3Si3. The van der Waals surface area contributed by atoms with Crippen LogP contribution in [-0.4, -0.2) is 31.7 Å². The van der Waals surface area contributed by atoms with Crippen LogP contribution in [0.1, 0.15) is 58.3 Å². The molecule has 0 unspecified atom stereocenters. The van der Waals surface area contributed by atoms with Crippen LogP contribution in [0.5, 0.6) is 0 Å². The van der Waals surface area contributed by atoms with Crippen LogP contribution < -0.4 is 0 Å². The molecule has 0 spiro atoms. The fraction of sp³-hybridized carbons (Fsp3) is 1.00. The minimum absolute atomic E-state index is 0.762. The molecule has 0 aliphatic heterocycles. The first-order valence-corrected chi connectivity index (χ1v) is 16.0. The summed E-state index contributed by atoms with van der Waals surface area (Å²) < 4.78 is 11.7. The summed E-state index contributed by atoms with van der Waals surface area (Å²) in [5.41, 5.74) is 0. The molecule has 3 nitrogen and oxygen atoms in total. The molecule has 0 rings (SSSR count). The Balaban J connectivity index is 3.79. The van der Waals surface area contributed by atoms with Gasteiger partial charge in [0, 0.05) is 6.04 Å². The summed E-state index contributed by atoms with van der Waals surface area (Å²) in [6, 6.07) is 0.762. The van der Waals surface area contributed by atoms with Gasteiger partial charge in [0.2, 0.25) is 0 Å². The third kappa shape index (κ3) is 12.3. The van der Waals surface area contributed by atoms with Crippen molar-refractivity contribution in [2.45, 2.75) is 90.5 Å². The van der Waals surface area contributed by atoms with Crippen molar-refractivity contribution in [3.05, 3.63) is 0 Å². The fourth-order valence-corrected chi connectivity index (χ4v) is 10.6. The van der Waals surface area contributed by atoms with Gasteiger partial charge in [-0.1, -0.05) is 51.9 Å². The Morgan fingerprint density at radius 1 is 0.750 bits per heavy atom. The second kappa shape index (κ2) is 12.1. The molecule has 0 saturated carbocycles. The lowest BCUT2D eigenvalue weighted by molar-refractivity contribution is 0.252. The van der Waals surface area contributed by atoms with Crippen molar-refractivity contribution in [2.24, 2.45) is 0 Å². The largest absolute Gasteiger partial charge is 0.476 e. The minimum atomic E-state index is -2.83. The van der Waals surface area contributed by atoms with E-state index in [1.165, 1.54) is 44.9 Å². The van der Waals surface area contributed by atoms with Crippen molar-refractivity contribution in [3.8, 4) is 0 Å². The van der Waals surface area contributed by atoms with Crippen molar-refractivity contribution in [1.82, 2.24) is 0 Å². The predicted molar refractivity (Wildman–Crippen MR) is 95.3 cm³/mol. The number of hydrogen-bond donors (Lipinski definition) is 1. The van der Waals surface area contributed by atoms with Gasteiger partial charge in [-0.25, -0.2) is 0 Å². The zero-order valence-corrected chi connectivity index (χ0v) is 17.6. The Morgan fingerprint density at radius 2 is 1.15 bits per heavy atom. The van der Waals surface area contributed by atoms with E-state index in [2.05, 4.69) is 33.1 Å². The highest BCUT2D eigenvalue weighted by Crippen LogP contribution is 2.18. The molecule has 0 saturated heterocycles. The average Bonchev–Trinajstić information content (AvgIpc) is 2.30. The van der Waals surface area contributed by atoms with E-state index in [4.69, 9.17) is 8.23 Å².